The maximum Gasteiger partial charge on any atom is 0.235 e. The molecule has 1 amide bonds. The fourth-order valence-corrected chi connectivity index (χ4v) is 3.01. The third-order valence-corrected chi connectivity index (χ3v) is 5.15. The number of alkyl halides is 1. The second-order valence-electron chi connectivity index (χ2n) is 4.75. The average Bonchev–Trinajstić information content (AvgIpc) is 1.99. The summed E-state index contributed by atoms with van der Waals surface area (Å²) in [6.45, 7) is 11.2. The molecule has 0 aliphatic heterocycles. The summed E-state index contributed by atoms with van der Waals surface area (Å²) in [6, 6.07) is 0. The Hall–Kier alpha value is 0.900. The van der Waals surface area contributed by atoms with Gasteiger partial charge in [-0.3, -0.25) is 4.79 Å². The van der Waals surface area contributed by atoms with Crippen molar-refractivity contribution >= 4 is 50.1 Å². The molecule has 0 saturated heterocycles. The standard InChI is InChI=1S/C10H20INOS2/c1-9(2,3)15-14-7-6-12-8(13)10(4,5)11/h6-7H2,1-5H3,(H,12,13). The highest BCUT2D eigenvalue weighted by Crippen LogP contribution is 2.34. The number of hydrogen-bond donors (Lipinski definition) is 1. The van der Waals surface area contributed by atoms with E-state index in [1.165, 1.54) is 0 Å². The molecule has 2 nitrogen and oxygen atoms in total. The first-order chi connectivity index (χ1) is 6.63. The third kappa shape index (κ3) is 9.81. The molecule has 1 N–H and O–H groups in total. The van der Waals surface area contributed by atoms with E-state index in [9.17, 15) is 4.79 Å². The molecule has 0 radical (unpaired) electrons. The smallest absolute Gasteiger partial charge is 0.235 e. The minimum atomic E-state index is -0.306. The molecule has 0 atom stereocenters. The number of carbonyl (C=O) groups excluding carboxylic acids is 1. The van der Waals surface area contributed by atoms with Gasteiger partial charge in [-0.1, -0.05) is 64.9 Å². The highest BCUT2D eigenvalue weighted by molar-refractivity contribution is 14.1. The van der Waals surface area contributed by atoms with E-state index < -0.39 is 0 Å². The highest BCUT2D eigenvalue weighted by Gasteiger charge is 2.22. The Kier molecular flexibility index (Phi) is 6.99. The van der Waals surface area contributed by atoms with Crippen molar-refractivity contribution in [2.24, 2.45) is 0 Å². The molecule has 0 heterocycles. The van der Waals surface area contributed by atoms with Gasteiger partial charge in [0.2, 0.25) is 5.91 Å². The topological polar surface area (TPSA) is 29.1 Å². The van der Waals surface area contributed by atoms with Crippen molar-refractivity contribution in [3.8, 4) is 0 Å². The minimum Gasteiger partial charge on any atom is -0.354 e. The molecule has 0 fully saturated rings. The molecule has 0 bridgehead atoms. The summed E-state index contributed by atoms with van der Waals surface area (Å²) in [6.07, 6.45) is 0. The lowest BCUT2D eigenvalue weighted by Crippen LogP contribution is -2.38. The Labute approximate surface area is 115 Å². The normalized spacial score (nSPS) is 12.7. The summed E-state index contributed by atoms with van der Waals surface area (Å²) in [5.74, 6) is 1.07. The lowest BCUT2D eigenvalue weighted by molar-refractivity contribution is -0.122. The quantitative estimate of drug-likeness (QED) is 0.352. The van der Waals surface area contributed by atoms with Gasteiger partial charge in [0.05, 0.1) is 3.42 Å². The largest absolute Gasteiger partial charge is 0.354 e. The molecular weight excluding hydrogens is 341 g/mol. The van der Waals surface area contributed by atoms with Gasteiger partial charge in [-0.15, -0.1) is 0 Å². The van der Waals surface area contributed by atoms with Crippen LogP contribution in [0.25, 0.3) is 0 Å². The Balaban J connectivity index is 3.53. The Morgan fingerprint density at radius 1 is 1.27 bits per heavy atom. The van der Waals surface area contributed by atoms with Crippen LogP contribution >= 0.6 is 44.2 Å². The van der Waals surface area contributed by atoms with E-state index in [-0.39, 0.29) is 14.1 Å². The van der Waals surface area contributed by atoms with Crippen LogP contribution in [0, 0.1) is 0 Å². The van der Waals surface area contributed by atoms with Gasteiger partial charge >= 0.3 is 0 Å². The van der Waals surface area contributed by atoms with E-state index in [4.69, 9.17) is 0 Å². The van der Waals surface area contributed by atoms with Crippen LogP contribution in [0.2, 0.25) is 0 Å². The van der Waals surface area contributed by atoms with Crippen LogP contribution in [0.15, 0.2) is 0 Å². The molecule has 0 aliphatic carbocycles. The fraction of sp³-hybridized carbons (Fsp3) is 0.900. The lowest BCUT2D eigenvalue weighted by Gasteiger charge is -2.18. The van der Waals surface area contributed by atoms with E-state index >= 15 is 0 Å². The third-order valence-electron chi connectivity index (χ3n) is 1.32. The van der Waals surface area contributed by atoms with Crippen LogP contribution in [0.3, 0.4) is 0 Å². The first kappa shape index (κ1) is 15.9. The Morgan fingerprint density at radius 3 is 2.20 bits per heavy atom. The van der Waals surface area contributed by atoms with Crippen molar-refractivity contribution in [1.29, 1.82) is 0 Å². The Morgan fingerprint density at radius 2 is 1.80 bits per heavy atom. The van der Waals surface area contributed by atoms with Crippen molar-refractivity contribution in [3.63, 3.8) is 0 Å². The minimum absolute atomic E-state index is 0.115. The van der Waals surface area contributed by atoms with Crippen molar-refractivity contribution in [2.45, 2.75) is 42.8 Å². The molecule has 0 aliphatic rings. The molecule has 0 saturated carbocycles. The second-order valence-corrected chi connectivity index (χ2v) is 10.7. The number of carbonyl (C=O) groups is 1. The zero-order chi connectivity index (χ0) is 12.1. The number of halogens is 1. The summed E-state index contributed by atoms with van der Waals surface area (Å²) in [5, 5.41) is 2.93. The van der Waals surface area contributed by atoms with Gasteiger partial charge in [0.25, 0.3) is 0 Å². The monoisotopic (exact) mass is 361 g/mol. The number of amides is 1. The molecular formula is C10H20INOS2. The van der Waals surface area contributed by atoms with Gasteiger partial charge in [-0.05, 0) is 13.8 Å². The summed E-state index contributed by atoms with van der Waals surface area (Å²) in [4.78, 5) is 11.5. The summed E-state index contributed by atoms with van der Waals surface area (Å²) in [7, 11) is 3.67. The molecule has 15 heavy (non-hydrogen) atoms. The van der Waals surface area contributed by atoms with Crippen LogP contribution < -0.4 is 5.32 Å². The van der Waals surface area contributed by atoms with E-state index in [0.717, 1.165) is 12.3 Å². The van der Waals surface area contributed by atoms with E-state index in [1.807, 2.05) is 35.4 Å². The molecule has 0 unspecified atom stereocenters. The second kappa shape index (κ2) is 6.59. The first-order valence-corrected chi connectivity index (χ1v) is 8.30. The van der Waals surface area contributed by atoms with Crippen molar-refractivity contribution < 1.29 is 4.79 Å². The zero-order valence-corrected chi connectivity index (χ0v) is 13.8. The average molecular weight is 361 g/mol. The molecule has 0 aromatic rings. The van der Waals surface area contributed by atoms with Gasteiger partial charge in [-0.25, -0.2) is 0 Å². The van der Waals surface area contributed by atoms with E-state index in [1.54, 1.807) is 0 Å². The van der Waals surface area contributed by atoms with Gasteiger partial charge in [0.1, 0.15) is 0 Å². The summed E-state index contributed by atoms with van der Waals surface area (Å²) in [5.41, 5.74) is 0. The van der Waals surface area contributed by atoms with Crippen molar-refractivity contribution in [1.82, 2.24) is 5.32 Å². The van der Waals surface area contributed by atoms with Crippen LogP contribution in [-0.2, 0) is 4.79 Å². The lowest BCUT2D eigenvalue weighted by atomic mass is 10.2. The van der Waals surface area contributed by atoms with E-state index in [2.05, 4.69) is 48.7 Å². The number of rotatable bonds is 5. The van der Waals surface area contributed by atoms with Crippen molar-refractivity contribution in [2.75, 3.05) is 12.3 Å². The van der Waals surface area contributed by atoms with Gasteiger partial charge < -0.3 is 5.32 Å². The predicted molar refractivity (Wildman–Crippen MR) is 80.9 cm³/mol. The van der Waals surface area contributed by atoms with Crippen LogP contribution in [-0.4, -0.2) is 26.4 Å². The van der Waals surface area contributed by atoms with Gasteiger partial charge in [0.15, 0.2) is 0 Å². The molecule has 5 heteroatoms. The zero-order valence-electron chi connectivity index (χ0n) is 10.0. The maximum atomic E-state index is 11.5. The molecule has 0 spiro atoms. The SMILES string of the molecule is CC(C)(C)SSCCNC(=O)C(C)(C)I. The van der Waals surface area contributed by atoms with E-state index in [0.29, 0.717) is 0 Å². The maximum absolute atomic E-state index is 11.5. The summed E-state index contributed by atoms with van der Waals surface area (Å²) < 4.78 is -0.0171. The van der Waals surface area contributed by atoms with Crippen LogP contribution in [0.5, 0.6) is 0 Å². The number of nitrogens with one attached hydrogen (secondary N) is 1. The van der Waals surface area contributed by atoms with Crippen LogP contribution in [0.1, 0.15) is 34.6 Å². The van der Waals surface area contributed by atoms with Crippen molar-refractivity contribution in [3.05, 3.63) is 0 Å². The molecule has 0 rings (SSSR count). The number of hydrogen-bond acceptors (Lipinski definition) is 3. The van der Waals surface area contributed by atoms with Crippen LogP contribution in [0.4, 0.5) is 0 Å². The fourth-order valence-electron chi connectivity index (χ4n) is 0.635. The predicted octanol–water partition coefficient (Wildman–Crippen LogP) is 3.50. The summed E-state index contributed by atoms with van der Waals surface area (Å²) >= 11 is 2.15. The molecule has 90 valence electrons. The molecule has 0 aromatic carbocycles. The molecule has 0 aromatic heterocycles. The highest BCUT2D eigenvalue weighted by atomic mass is 127. The Bertz CT molecular complexity index is 208. The van der Waals surface area contributed by atoms with Gasteiger partial charge in [-0.2, -0.15) is 0 Å². The van der Waals surface area contributed by atoms with Gasteiger partial charge in [0, 0.05) is 17.0 Å². The first-order valence-electron chi connectivity index (χ1n) is 4.91.